The minimum Gasteiger partial charge on any atom is -0.238 e. The molecule has 0 aromatic heterocycles. The Labute approximate surface area is 207 Å². The zero-order chi connectivity index (χ0) is 21.3. The Balaban J connectivity index is 0.00000480. The summed E-state index contributed by atoms with van der Waals surface area (Å²) in [5.74, 6) is 0. The van der Waals surface area contributed by atoms with Gasteiger partial charge in [0.2, 0.25) is 0 Å². The van der Waals surface area contributed by atoms with Crippen LogP contribution in [0.4, 0.5) is 0 Å². The molecule has 1 saturated heterocycles. The van der Waals surface area contributed by atoms with Crippen LogP contribution in [-0.2, 0) is 0 Å². The quantitative estimate of drug-likeness (QED) is 0.232. The first-order valence-electron chi connectivity index (χ1n) is 14.4. The number of hydrogen-bond donors (Lipinski definition) is 0. The summed E-state index contributed by atoms with van der Waals surface area (Å²) in [5, 5.41) is 5.93. The van der Waals surface area contributed by atoms with Crippen molar-refractivity contribution in [2.45, 2.75) is 167 Å². The van der Waals surface area contributed by atoms with E-state index in [2.05, 4.69) is 23.9 Å². The molecule has 1 saturated carbocycles. The Bertz CT molecular complexity index is 381. The van der Waals surface area contributed by atoms with Gasteiger partial charge in [-0.1, -0.05) is 117 Å². The van der Waals surface area contributed by atoms with E-state index >= 15 is 0 Å². The Morgan fingerprint density at radius 1 is 0.581 bits per heavy atom. The second-order valence-electron chi connectivity index (χ2n) is 10.4. The summed E-state index contributed by atoms with van der Waals surface area (Å²) < 4.78 is 0. The molecule has 31 heavy (non-hydrogen) atoms. The van der Waals surface area contributed by atoms with Crippen LogP contribution in [0.2, 0.25) is 0 Å². The van der Waals surface area contributed by atoms with Gasteiger partial charge < -0.3 is 0 Å². The summed E-state index contributed by atoms with van der Waals surface area (Å²) in [6, 6.07) is 1.66. The second-order valence-corrected chi connectivity index (χ2v) is 10.4. The first-order valence-corrected chi connectivity index (χ1v) is 14.4. The third-order valence-corrected chi connectivity index (χ3v) is 7.80. The number of hydrogen-bond acceptors (Lipinski definition) is 2. The first kappa shape index (κ1) is 29.4. The molecule has 0 aromatic rings. The topological polar surface area (TPSA) is 6.48 Å². The Hall–Kier alpha value is 0.400. The summed E-state index contributed by atoms with van der Waals surface area (Å²) in [5.41, 5.74) is 0. The Morgan fingerprint density at radius 3 is 1.81 bits per heavy atom. The summed E-state index contributed by atoms with van der Waals surface area (Å²) >= 11 is 0. The zero-order valence-electron chi connectivity index (χ0n) is 21.4. The van der Waals surface area contributed by atoms with Gasteiger partial charge in [0.1, 0.15) is 0 Å². The van der Waals surface area contributed by atoms with Crippen molar-refractivity contribution in [2.75, 3.05) is 13.1 Å². The summed E-state index contributed by atoms with van der Waals surface area (Å²) in [4.78, 5) is 0. The predicted molar refractivity (Wildman–Crippen MR) is 144 cm³/mol. The molecule has 2 aliphatic rings. The van der Waals surface area contributed by atoms with Crippen LogP contribution in [0.15, 0.2) is 0 Å². The van der Waals surface area contributed by atoms with E-state index in [4.69, 9.17) is 0 Å². The lowest BCUT2D eigenvalue weighted by Crippen LogP contribution is -2.55. The van der Waals surface area contributed by atoms with Gasteiger partial charge in [0.25, 0.3) is 0 Å². The molecule has 1 unspecified atom stereocenters. The molecule has 0 radical (unpaired) electrons. The highest BCUT2D eigenvalue weighted by Gasteiger charge is 2.30. The molecule has 1 aliphatic heterocycles. The van der Waals surface area contributed by atoms with E-state index in [0.717, 1.165) is 12.1 Å². The Kier molecular flexibility index (Phi) is 18.8. The minimum absolute atomic E-state index is 0. The van der Waals surface area contributed by atoms with Gasteiger partial charge >= 0.3 is 0 Å². The van der Waals surface area contributed by atoms with Crippen LogP contribution in [0, 0.1) is 0 Å². The molecular formula is C28H57BrN2. The molecule has 0 bridgehead atoms. The van der Waals surface area contributed by atoms with Crippen molar-refractivity contribution in [2.24, 2.45) is 0 Å². The molecule has 3 heteroatoms. The lowest BCUT2D eigenvalue weighted by Gasteiger charge is -2.47. The molecule has 2 nitrogen and oxygen atoms in total. The van der Waals surface area contributed by atoms with E-state index < -0.39 is 0 Å². The van der Waals surface area contributed by atoms with Crippen molar-refractivity contribution in [3.63, 3.8) is 0 Å². The van der Waals surface area contributed by atoms with Gasteiger partial charge in [0, 0.05) is 25.2 Å². The van der Waals surface area contributed by atoms with Crippen LogP contribution >= 0.6 is 17.0 Å². The maximum absolute atomic E-state index is 2.97. The molecule has 1 atom stereocenters. The van der Waals surface area contributed by atoms with Crippen molar-refractivity contribution >= 4 is 17.0 Å². The summed E-state index contributed by atoms with van der Waals surface area (Å²) in [6.45, 7) is 7.34. The maximum Gasteiger partial charge on any atom is 0.0246 e. The van der Waals surface area contributed by atoms with Crippen LogP contribution in [0.25, 0.3) is 0 Å². The highest BCUT2D eigenvalue weighted by atomic mass is 79.9. The van der Waals surface area contributed by atoms with Gasteiger partial charge in [-0.25, -0.2) is 10.0 Å². The fourth-order valence-electron chi connectivity index (χ4n) is 5.91. The van der Waals surface area contributed by atoms with Crippen molar-refractivity contribution in [3.05, 3.63) is 0 Å². The normalized spacial score (nSPS) is 22.8. The van der Waals surface area contributed by atoms with Crippen molar-refractivity contribution in [1.82, 2.24) is 10.0 Å². The lowest BCUT2D eigenvalue weighted by atomic mass is 9.94. The summed E-state index contributed by atoms with van der Waals surface area (Å²) in [6.07, 6.45) is 31.7. The van der Waals surface area contributed by atoms with Crippen molar-refractivity contribution in [3.8, 4) is 0 Å². The van der Waals surface area contributed by atoms with Crippen molar-refractivity contribution < 1.29 is 0 Å². The lowest BCUT2D eigenvalue weighted by molar-refractivity contribution is -0.109. The predicted octanol–water partition coefficient (Wildman–Crippen LogP) is 9.47. The fourth-order valence-corrected chi connectivity index (χ4v) is 5.91. The smallest absolute Gasteiger partial charge is 0.0246 e. The van der Waals surface area contributed by atoms with Gasteiger partial charge in [-0.2, -0.15) is 0 Å². The molecule has 186 valence electrons. The highest BCUT2D eigenvalue weighted by molar-refractivity contribution is 8.93. The van der Waals surface area contributed by atoms with E-state index in [1.165, 1.54) is 154 Å². The maximum atomic E-state index is 2.97. The van der Waals surface area contributed by atoms with E-state index in [0.29, 0.717) is 0 Å². The summed E-state index contributed by atoms with van der Waals surface area (Å²) in [7, 11) is 0. The number of rotatable bonds is 13. The van der Waals surface area contributed by atoms with E-state index in [1.807, 2.05) is 0 Å². The second kappa shape index (κ2) is 19.8. The third-order valence-electron chi connectivity index (χ3n) is 7.80. The molecule has 2 rings (SSSR count). The van der Waals surface area contributed by atoms with Gasteiger partial charge in [-0.05, 0) is 38.5 Å². The SMILES string of the molecule is Br.CCCCCCCC1CCCCCN(C2CCCCCCC2)N1CCCCCCC. The average molecular weight is 502 g/mol. The average Bonchev–Trinajstić information content (AvgIpc) is 2.71. The van der Waals surface area contributed by atoms with Crippen LogP contribution < -0.4 is 0 Å². The minimum atomic E-state index is 0. The van der Waals surface area contributed by atoms with Gasteiger partial charge in [-0.15, -0.1) is 17.0 Å². The zero-order valence-corrected chi connectivity index (χ0v) is 23.1. The monoisotopic (exact) mass is 500 g/mol. The molecule has 1 heterocycles. The highest BCUT2D eigenvalue weighted by Crippen LogP contribution is 2.29. The molecule has 0 aromatic carbocycles. The number of hydrazine groups is 1. The van der Waals surface area contributed by atoms with Crippen LogP contribution in [0.3, 0.4) is 0 Å². The Morgan fingerprint density at radius 2 is 1.13 bits per heavy atom. The third kappa shape index (κ3) is 12.4. The number of unbranched alkanes of at least 4 members (excludes halogenated alkanes) is 8. The molecule has 0 N–H and O–H groups in total. The van der Waals surface area contributed by atoms with Crippen LogP contribution in [-0.4, -0.2) is 35.2 Å². The first-order chi connectivity index (χ1) is 14.9. The molecule has 0 amide bonds. The number of nitrogens with zero attached hydrogens (tertiary/aromatic N) is 2. The van der Waals surface area contributed by atoms with Gasteiger partial charge in [-0.3, -0.25) is 0 Å². The van der Waals surface area contributed by atoms with Crippen molar-refractivity contribution in [1.29, 1.82) is 0 Å². The van der Waals surface area contributed by atoms with E-state index in [1.54, 1.807) is 0 Å². The van der Waals surface area contributed by atoms with Crippen LogP contribution in [0.5, 0.6) is 0 Å². The van der Waals surface area contributed by atoms with Crippen LogP contribution in [0.1, 0.15) is 155 Å². The van der Waals surface area contributed by atoms with Gasteiger partial charge in [0.05, 0.1) is 0 Å². The largest absolute Gasteiger partial charge is 0.238 e. The van der Waals surface area contributed by atoms with E-state index in [-0.39, 0.29) is 17.0 Å². The standard InChI is InChI=1S/C28H56N2.BrH/c1-3-5-7-10-15-21-28-24-18-14-20-26-30(27-22-16-11-9-12-17-23-27)29(28)25-19-13-8-6-4-2;/h27-28H,3-26H2,1-2H3;1H. The molecule has 1 aliphatic carbocycles. The molecule has 0 spiro atoms. The number of halogens is 1. The fraction of sp³-hybridized carbons (Fsp3) is 1.00. The van der Waals surface area contributed by atoms with E-state index in [9.17, 15) is 0 Å². The molecule has 2 fully saturated rings. The van der Waals surface area contributed by atoms with Gasteiger partial charge in [0.15, 0.2) is 0 Å². The molecular weight excluding hydrogens is 444 g/mol.